The third kappa shape index (κ3) is 6.34. The molecule has 0 spiro atoms. The van der Waals surface area contributed by atoms with Crippen LogP contribution in [-0.4, -0.2) is 54.8 Å². The summed E-state index contributed by atoms with van der Waals surface area (Å²) in [4.78, 5) is 48.0. The van der Waals surface area contributed by atoms with Gasteiger partial charge in [-0.3, -0.25) is 9.59 Å². The number of aromatic carboxylic acids is 1. The van der Waals surface area contributed by atoms with Crippen LogP contribution in [0.5, 0.6) is 5.75 Å². The van der Waals surface area contributed by atoms with Gasteiger partial charge in [0, 0.05) is 5.56 Å². The van der Waals surface area contributed by atoms with Crippen LogP contribution in [0.1, 0.15) is 48.1 Å². The number of rotatable bonds is 11. The Labute approximate surface area is 184 Å². The van der Waals surface area contributed by atoms with Gasteiger partial charge in [0.05, 0.1) is 31.8 Å². The molecule has 0 aliphatic rings. The highest BCUT2D eigenvalue weighted by Crippen LogP contribution is 2.29. The van der Waals surface area contributed by atoms with Gasteiger partial charge >= 0.3 is 17.9 Å². The molecule has 10 heteroatoms. The van der Waals surface area contributed by atoms with Gasteiger partial charge in [-0.2, -0.15) is 0 Å². The molecule has 1 aromatic carbocycles. The molecule has 0 aliphatic heterocycles. The first-order valence-electron chi connectivity index (χ1n) is 10.0. The molecule has 172 valence electrons. The van der Waals surface area contributed by atoms with Crippen molar-refractivity contribution in [1.82, 2.24) is 5.32 Å². The molecule has 0 aliphatic carbocycles. The lowest BCUT2D eigenvalue weighted by atomic mass is 10.1. The highest BCUT2D eigenvalue weighted by molar-refractivity contribution is 6.00. The lowest BCUT2D eigenvalue weighted by Gasteiger charge is -2.18. The van der Waals surface area contributed by atoms with E-state index in [-0.39, 0.29) is 49.1 Å². The van der Waals surface area contributed by atoms with Crippen LogP contribution in [-0.2, 0) is 19.1 Å². The maximum atomic E-state index is 12.9. The quantitative estimate of drug-likeness (QED) is 0.497. The van der Waals surface area contributed by atoms with Crippen molar-refractivity contribution in [2.75, 3.05) is 19.8 Å². The van der Waals surface area contributed by atoms with Crippen molar-refractivity contribution in [1.29, 1.82) is 0 Å². The summed E-state index contributed by atoms with van der Waals surface area (Å²) in [5, 5.41) is 11.5. The normalized spacial score (nSPS) is 11.3. The highest BCUT2D eigenvalue weighted by atomic mass is 16.5. The third-order valence-corrected chi connectivity index (χ3v) is 4.18. The van der Waals surface area contributed by atoms with Crippen molar-refractivity contribution in [3.63, 3.8) is 0 Å². The fourth-order valence-electron chi connectivity index (χ4n) is 2.80. The number of hydrogen-bond acceptors (Lipinski definition) is 8. The first-order valence-corrected chi connectivity index (χ1v) is 10.0. The van der Waals surface area contributed by atoms with Crippen LogP contribution in [0.3, 0.4) is 0 Å². The minimum atomic E-state index is -1.24. The average molecular weight is 447 g/mol. The molecule has 0 saturated carbocycles. The van der Waals surface area contributed by atoms with Gasteiger partial charge in [0.25, 0.3) is 5.91 Å². The number of hydrogen-bond donors (Lipinski definition) is 2. The molecule has 1 atom stereocenters. The number of esters is 2. The van der Waals surface area contributed by atoms with Crippen molar-refractivity contribution in [2.24, 2.45) is 0 Å². The standard InChI is InChI=1S/C22H25NO9/c1-4-29-18-11-13(16-9-10-17(32-16)21(26)27)7-8-14(18)20(25)23-15(22(28)31-6-3)12-19(24)30-5-2/h7-11,15H,4-6,12H2,1-3H3,(H,23,25)(H,26,27). The monoisotopic (exact) mass is 447 g/mol. The molecular weight excluding hydrogens is 422 g/mol. The molecule has 1 heterocycles. The van der Waals surface area contributed by atoms with Gasteiger partial charge in [-0.25, -0.2) is 9.59 Å². The van der Waals surface area contributed by atoms with Gasteiger partial charge in [0.2, 0.25) is 5.76 Å². The van der Waals surface area contributed by atoms with E-state index in [0.29, 0.717) is 5.56 Å². The first kappa shape index (κ1) is 24.4. The molecule has 32 heavy (non-hydrogen) atoms. The van der Waals surface area contributed by atoms with E-state index in [1.165, 1.54) is 24.3 Å². The van der Waals surface area contributed by atoms with Gasteiger partial charge < -0.3 is 29.1 Å². The minimum Gasteiger partial charge on any atom is -0.493 e. The first-order chi connectivity index (χ1) is 15.3. The van der Waals surface area contributed by atoms with Crippen LogP contribution in [0.25, 0.3) is 11.3 Å². The number of carbonyl (C=O) groups excluding carboxylic acids is 3. The predicted molar refractivity (Wildman–Crippen MR) is 111 cm³/mol. The number of carbonyl (C=O) groups is 4. The summed E-state index contributed by atoms with van der Waals surface area (Å²) in [6.07, 6.45) is -0.384. The van der Waals surface area contributed by atoms with Crippen LogP contribution in [0.2, 0.25) is 0 Å². The fourth-order valence-corrected chi connectivity index (χ4v) is 2.80. The lowest BCUT2D eigenvalue weighted by Crippen LogP contribution is -2.43. The summed E-state index contributed by atoms with van der Waals surface area (Å²) in [7, 11) is 0. The van der Waals surface area contributed by atoms with E-state index < -0.39 is 29.9 Å². The summed E-state index contributed by atoms with van der Waals surface area (Å²) in [6.45, 7) is 5.42. The third-order valence-electron chi connectivity index (χ3n) is 4.18. The lowest BCUT2D eigenvalue weighted by molar-refractivity contribution is -0.152. The van der Waals surface area contributed by atoms with Gasteiger partial charge in [-0.1, -0.05) is 6.07 Å². The molecule has 0 bridgehead atoms. The maximum Gasteiger partial charge on any atom is 0.371 e. The molecule has 1 unspecified atom stereocenters. The van der Waals surface area contributed by atoms with E-state index in [4.69, 9.17) is 23.7 Å². The number of ether oxygens (including phenoxy) is 3. The van der Waals surface area contributed by atoms with Gasteiger partial charge in [0.1, 0.15) is 17.6 Å². The Morgan fingerprint density at radius 3 is 2.31 bits per heavy atom. The topological polar surface area (TPSA) is 141 Å². The van der Waals surface area contributed by atoms with E-state index >= 15 is 0 Å². The molecule has 2 N–H and O–H groups in total. The zero-order chi connectivity index (χ0) is 23.7. The molecule has 1 aromatic heterocycles. The van der Waals surface area contributed by atoms with Crippen LogP contribution in [0.15, 0.2) is 34.7 Å². The summed E-state index contributed by atoms with van der Waals surface area (Å²) in [5.41, 5.74) is 0.602. The SMILES string of the molecule is CCOC(=O)CC(NC(=O)c1ccc(-c2ccc(C(=O)O)o2)cc1OCC)C(=O)OCC. The van der Waals surface area contributed by atoms with Gasteiger partial charge in [0.15, 0.2) is 0 Å². The minimum absolute atomic E-state index is 0.0778. The summed E-state index contributed by atoms with van der Waals surface area (Å²) >= 11 is 0. The molecule has 10 nitrogen and oxygen atoms in total. The molecule has 0 radical (unpaired) electrons. The van der Waals surface area contributed by atoms with Crippen LogP contribution < -0.4 is 10.1 Å². The Morgan fingerprint density at radius 2 is 1.72 bits per heavy atom. The van der Waals surface area contributed by atoms with Crippen molar-refractivity contribution < 1.29 is 42.9 Å². The zero-order valence-corrected chi connectivity index (χ0v) is 18.0. The van der Waals surface area contributed by atoms with Crippen molar-refractivity contribution in [3.8, 4) is 17.1 Å². The van der Waals surface area contributed by atoms with Gasteiger partial charge in [-0.05, 0) is 45.0 Å². The Morgan fingerprint density at radius 1 is 1.00 bits per heavy atom. The largest absolute Gasteiger partial charge is 0.493 e. The molecule has 1 amide bonds. The number of carboxylic acids is 1. The number of nitrogens with one attached hydrogen (secondary N) is 1. The summed E-state index contributed by atoms with van der Waals surface area (Å²) in [6, 6.07) is 6.09. The Balaban J connectivity index is 2.30. The van der Waals surface area contributed by atoms with E-state index in [9.17, 15) is 19.2 Å². The van der Waals surface area contributed by atoms with Crippen LogP contribution in [0.4, 0.5) is 0 Å². The number of benzene rings is 1. The second-order valence-electron chi connectivity index (χ2n) is 6.40. The molecule has 0 fully saturated rings. The number of furan rings is 1. The van der Waals surface area contributed by atoms with Crippen LogP contribution >= 0.6 is 0 Å². The summed E-state index contributed by atoms with van der Waals surface area (Å²) in [5.74, 6) is -3.04. The van der Waals surface area contributed by atoms with E-state index in [2.05, 4.69) is 5.32 Å². The molecule has 2 rings (SSSR count). The fraction of sp³-hybridized carbons (Fsp3) is 0.364. The average Bonchev–Trinajstić information content (AvgIpc) is 3.24. The van der Waals surface area contributed by atoms with Crippen molar-refractivity contribution in [3.05, 3.63) is 41.7 Å². The maximum absolute atomic E-state index is 12.9. The predicted octanol–water partition coefficient (Wildman–Crippen LogP) is 2.66. The second kappa shape index (κ2) is 11.5. The summed E-state index contributed by atoms with van der Waals surface area (Å²) < 4.78 is 20.6. The zero-order valence-electron chi connectivity index (χ0n) is 18.0. The van der Waals surface area contributed by atoms with E-state index in [0.717, 1.165) is 0 Å². The molecule has 0 saturated heterocycles. The van der Waals surface area contributed by atoms with Crippen molar-refractivity contribution >= 4 is 23.8 Å². The van der Waals surface area contributed by atoms with Crippen molar-refractivity contribution in [2.45, 2.75) is 33.2 Å². The Hall–Kier alpha value is -3.82. The second-order valence-corrected chi connectivity index (χ2v) is 6.40. The number of carboxylic acid groups (broad SMARTS) is 1. The number of amides is 1. The Bertz CT molecular complexity index is 980. The van der Waals surface area contributed by atoms with E-state index in [1.807, 2.05) is 0 Å². The smallest absolute Gasteiger partial charge is 0.371 e. The van der Waals surface area contributed by atoms with Crippen LogP contribution in [0, 0.1) is 0 Å². The van der Waals surface area contributed by atoms with Gasteiger partial charge in [-0.15, -0.1) is 0 Å². The molecule has 2 aromatic rings. The Kier molecular flexibility index (Phi) is 8.82. The highest BCUT2D eigenvalue weighted by Gasteiger charge is 2.27. The van der Waals surface area contributed by atoms with E-state index in [1.54, 1.807) is 26.8 Å². The molecular formula is C22H25NO9.